The van der Waals surface area contributed by atoms with Crippen molar-refractivity contribution in [1.82, 2.24) is 24.7 Å². The lowest BCUT2D eigenvalue weighted by Gasteiger charge is -2.11. The van der Waals surface area contributed by atoms with Crippen LogP contribution in [0.4, 0.5) is 11.5 Å². The lowest BCUT2D eigenvalue weighted by molar-refractivity contribution is 0.0950. The number of hydrogen-bond donors (Lipinski definition) is 3. The number of nitrogens with zero attached hydrogens (tertiary/aromatic N) is 4. The van der Waals surface area contributed by atoms with Crippen molar-refractivity contribution < 1.29 is 9.90 Å². The first-order valence-electron chi connectivity index (χ1n) is 10.4. The van der Waals surface area contributed by atoms with Gasteiger partial charge < -0.3 is 15.7 Å². The number of amides is 1. The third-order valence-corrected chi connectivity index (χ3v) is 5.54. The van der Waals surface area contributed by atoms with Gasteiger partial charge in [0.25, 0.3) is 5.91 Å². The molecule has 0 radical (unpaired) electrons. The summed E-state index contributed by atoms with van der Waals surface area (Å²) in [6, 6.07) is 17.5. The smallest absolute Gasteiger partial charge is 0.253 e. The van der Waals surface area contributed by atoms with Crippen LogP contribution in [0.15, 0.2) is 85.5 Å². The second-order valence-corrected chi connectivity index (χ2v) is 7.89. The minimum atomic E-state index is -0.283. The Bertz CT molecular complexity index is 1470. The van der Waals surface area contributed by atoms with Gasteiger partial charge in [0.2, 0.25) is 0 Å². The normalized spacial score (nSPS) is 10.9. The van der Waals surface area contributed by atoms with Crippen molar-refractivity contribution in [3.8, 4) is 17.0 Å². The number of imidazole rings is 1. The van der Waals surface area contributed by atoms with Crippen LogP contribution in [0, 0.1) is 0 Å². The lowest BCUT2D eigenvalue weighted by Crippen LogP contribution is -2.23. The second kappa shape index (κ2) is 9.21. The highest BCUT2D eigenvalue weighted by molar-refractivity contribution is 6.34. The molecule has 0 atom stereocenters. The molecule has 3 heterocycles. The van der Waals surface area contributed by atoms with Crippen LogP contribution in [0.2, 0.25) is 5.02 Å². The molecule has 34 heavy (non-hydrogen) atoms. The van der Waals surface area contributed by atoms with Gasteiger partial charge in [0.15, 0.2) is 11.5 Å². The third kappa shape index (κ3) is 4.39. The van der Waals surface area contributed by atoms with Crippen molar-refractivity contribution in [2.45, 2.75) is 6.54 Å². The van der Waals surface area contributed by atoms with Gasteiger partial charge in [-0.05, 0) is 54.6 Å². The molecule has 0 spiro atoms. The summed E-state index contributed by atoms with van der Waals surface area (Å²) < 4.78 is 1.91. The SMILES string of the molecule is O=C(NCc1ccccn1)c1ccc(Nc2nccn3c(-c4ccc(O)cc4)cnc23)cc1Cl. The highest BCUT2D eigenvalue weighted by Gasteiger charge is 2.14. The van der Waals surface area contributed by atoms with Crippen LogP contribution >= 0.6 is 11.6 Å². The number of hydrogen-bond acceptors (Lipinski definition) is 6. The van der Waals surface area contributed by atoms with E-state index in [0.29, 0.717) is 34.3 Å². The maximum atomic E-state index is 12.6. The Morgan fingerprint density at radius 2 is 1.85 bits per heavy atom. The molecule has 8 nitrogen and oxygen atoms in total. The highest BCUT2D eigenvalue weighted by Crippen LogP contribution is 2.28. The molecule has 0 fully saturated rings. The standard InChI is InChI=1S/C25H19ClN6O2/c26-21-13-17(6-9-20(21)25(34)30-14-18-3-1-2-10-27-18)31-23-24-29-15-22(32(24)12-11-28-23)16-4-7-19(33)8-5-16/h1-13,15,33H,14H2,(H,28,31)(H,30,34). The summed E-state index contributed by atoms with van der Waals surface area (Å²) in [7, 11) is 0. The first-order valence-corrected chi connectivity index (χ1v) is 10.8. The molecule has 1 amide bonds. The van der Waals surface area contributed by atoms with Gasteiger partial charge in [0, 0.05) is 29.8 Å². The Kier molecular flexibility index (Phi) is 5.80. The topological polar surface area (TPSA) is 104 Å². The molecule has 5 aromatic rings. The van der Waals surface area contributed by atoms with Gasteiger partial charge in [-0.1, -0.05) is 17.7 Å². The zero-order valence-electron chi connectivity index (χ0n) is 17.8. The van der Waals surface area contributed by atoms with E-state index in [1.165, 1.54) is 0 Å². The van der Waals surface area contributed by atoms with Gasteiger partial charge in [0.05, 0.1) is 34.7 Å². The number of fused-ring (bicyclic) bond motifs is 1. The molecule has 0 saturated heterocycles. The molecule has 0 aliphatic heterocycles. The zero-order valence-corrected chi connectivity index (χ0v) is 18.6. The quantitative estimate of drug-likeness (QED) is 0.328. The molecule has 0 aliphatic carbocycles. The lowest BCUT2D eigenvalue weighted by atomic mass is 10.1. The van der Waals surface area contributed by atoms with E-state index in [4.69, 9.17) is 11.6 Å². The Labute approximate surface area is 199 Å². The predicted octanol–water partition coefficient (Wildman–Crippen LogP) is 4.82. The molecular formula is C25H19ClN6O2. The van der Waals surface area contributed by atoms with Gasteiger partial charge >= 0.3 is 0 Å². The molecule has 3 aromatic heterocycles. The second-order valence-electron chi connectivity index (χ2n) is 7.48. The fourth-order valence-electron chi connectivity index (χ4n) is 3.54. The van der Waals surface area contributed by atoms with Crippen molar-refractivity contribution in [3.63, 3.8) is 0 Å². The molecule has 0 saturated carbocycles. The van der Waals surface area contributed by atoms with Gasteiger partial charge in [-0.15, -0.1) is 0 Å². The van der Waals surface area contributed by atoms with Crippen LogP contribution in [0.1, 0.15) is 16.1 Å². The van der Waals surface area contributed by atoms with E-state index in [2.05, 4.69) is 25.6 Å². The molecule has 0 unspecified atom stereocenters. The van der Waals surface area contributed by atoms with Crippen LogP contribution in [0.5, 0.6) is 5.75 Å². The molecule has 0 bridgehead atoms. The molecular weight excluding hydrogens is 452 g/mol. The average Bonchev–Trinajstić information content (AvgIpc) is 3.29. The monoisotopic (exact) mass is 470 g/mol. The summed E-state index contributed by atoms with van der Waals surface area (Å²) in [4.78, 5) is 25.7. The maximum absolute atomic E-state index is 12.6. The largest absolute Gasteiger partial charge is 0.508 e. The summed E-state index contributed by atoms with van der Waals surface area (Å²) in [6.45, 7) is 0.311. The number of carbonyl (C=O) groups excluding carboxylic acids is 1. The van der Waals surface area contributed by atoms with Crippen LogP contribution in [-0.2, 0) is 6.54 Å². The number of benzene rings is 2. The van der Waals surface area contributed by atoms with Crippen LogP contribution < -0.4 is 10.6 Å². The number of aromatic nitrogens is 4. The maximum Gasteiger partial charge on any atom is 0.253 e. The van der Waals surface area contributed by atoms with E-state index in [1.807, 2.05) is 40.9 Å². The summed E-state index contributed by atoms with van der Waals surface area (Å²) in [5.41, 5.74) is 4.19. The Morgan fingerprint density at radius 1 is 1.00 bits per heavy atom. The molecule has 9 heteroatoms. The predicted molar refractivity (Wildman–Crippen MR) is 130 cm³/mol. The number of phenolic OH excluding ortho intramolecular Hbond substituents is 1. The van der Waals surface area contributed by atoms with Gasteiger partial charge in [-0.25, -0.2) is 9.97 Å². The number of pyridine rings is 1. The number of nitrogens with one attached hydrogen (secondary N) is 2. The highest BCUT2D eigenvalue weighted by atomic mass is 35.5. The molecule has 2 aromatic carbocycles. The molecule has 5 rings (SSSR count). The van der Waals surface area contributed by atoms with Crippen molar-refractivity contribution in [3.05, 3.63) is 102 Å². The minimum Gasteiger partial charge on any atom is -0.508 e. The Morgan fingerprint density at radius 3 is 2.62 bits per heavy atom. The van der Waals surface area contributed by atoms with Gasteiger partial charge in [-0.2, -0.15) is 0 Å². The number of phenols is 1. The average molecular weight is 471 g/mol. The van der Waals surface area contributed by atoms with E-state index < -0.39 is 0 Å². The molecule has 0 aliphatic rings. The number of anilines is 2. The summed E-state index contributed by atoms with van der Waals surface area (Å²) in [6.07, 6.45) is 6.91. The number of halogens is 1. The first kappa shape index (κ1) is 21.4. The van der Waals surface area contributed by atoms with Crippen molar-refractivity contribution >= 4 is 34.7 Å². The molecule has 168 valence electrons. The van der Waals surface area contributed by atoms with Gasteiger partial charge in [-0.3, -0.25) is 14.2 Å². The third-order valence-electron chi connectivity index (χ3n) is 5.22. The van der Waals surface area contributed by atoms with Gasteiger partial charge in [0.1, 0.15) is 5.75 Å². The van der Waals surface area contributed by atoms with Crippen molar-refractivity contribution in [2.24, 2.45) is 0 Å². The van der Waals surface area contributed by atoms with Crippen LogP contribution in [0.3, 0.4) is 0 Å². The van der Waals surface area contributed by atoms with E-state index >= 15 is 0 Å². The van der Waals surface area contributed by atoms with Crippen molar-refractivity contribution in [2.75, 3.05) is 5.32 Å². The number of aromatic hydroxyl groups is 1. The van der Waals surface area contributed by atoms with Crippen LogP contribution in [0.25, 0.3) is 16.9 Å². The minimum absolute atomic E-state index is 0.201. The summed E-state index contributed by atoms with van der Waals surface area (Å²) >= 11 is 6.41. The Balaban J connectivity index is 1.35. The van der Waals surface area contributed by atoms with E-state index in [1.54, 1.807) is 48.9 Å². The van der Waals surface area contributed by atoms with E-state index in [0.717, 1.165) is 17.0 Å². The number of rotatable bonds is 6. The summed E-state index contributed by atoms with van der Waals surface area (Å²) in [5, 5.41) is 15.9. The summed E-state index contributed by atoms with van der Waals surface area (Å²) in [5.74, 6) is 0.456. The van der Waals surface area contributed by atoms with Crippen molar-refractivity contribution in [1.29, 1.82) is 0 Å². The fourth-order valence-corrected chi connectivity index (χ4v) is 3.80. The van der Waals surface area contributed by atoms with E-state index in [-0.39, 0.29) is 11.7 Å². The van der Waals surface area contributed by atoms with E-state index in [9.17, 15) is 9.90 Å². The fraction of sp³-hybridized carbons (Fsp3) is 0.0400. The first-order chi connectivity index (χ1) is 16.6. The Hall–Kier alpha value is -4.43. The van der Waals surface area contributed by atoms with Crippen LogP contribution in [-0.4, -0.2) is 30.4 Å². The molecule has 3 N–H and O–H groups in total. The zero-order chi connectivity index (χ0) is 23.5. The number of carbonyl (C=O) groups is 1.